The molecule has 0 atom stereocenters. The maximum Gasteiger partial charge on any atom is 0.251 e. The Bertz CT molecular complexity index is 597. The van der Waals surface area contributed by atoms with Crippen molar-refractivity contribution >= 4 is 31.9 Å². The monoisotopic (exact) mass is 348 g/mol. The molecule has 106 valence electrons. The molecular weight excluding hydrogens is 332 g/mol. The van der Waals surface area contributed by atoms with Gasteiger partial charge in [-0.15, -0.1) is 0 Å². The molecule has 0 saturated heterocycles. The first-order chi connectivity index (χ1) is 8.55. The van der Waals surface area contributed by atoms with Crippen molar-refractivity contribution < 1.29 is 13.2 Å². The number of carbonyl (C=O) groups excluding carboxylic acids is 1. The van der Waals surface area contributed by atoms with E-state index in [4.69, 9.17) is 5.14 Å². The van der Waals surface area contributed by atoms with Crippen molar-refractivity contribution in [2.45, 2.75) is 37.6 Å². The van der Waals surface area contributed by atoms with Gasteiger partial charge in [0, 0.05) is 15.6 Å². The molecule has 1 aromatic rings. The zero-order valence-corrected chi connectivity index (χ0v) is 13.4. The average molecular weight is 349 g/mol. The predicted octanol–water partition coefficient (Wildman–Crippen LogP) is 2.01. The highest BCUT2D eigenvalue weighted by molar-refractivity contribution is 9.10. The molecule has 1 aromatic carbocycles. The molecule has 3 N–H and O–H groups in total. The molecule has 1 amide bonds. The molecule has 0 fully saturated rings. The van der Waals surface area contributed by atoms with Gasteiger partial charge in [0.25, 0.3) is 5.91 Å². The van der Waals surface area contributed by atoms with Crippen LogP contribution in [0.4, 0.5) is 0 Å². The number of primary sulfonamides is 1. The largest absolute Gasteiger partial charge is 0.347 e. The van der Waals surface area contributed by atoms with Crippen molar-refractivity contribution in [2.24, 2.45) is 5.14 Å². The highest BCUT2D eigenvalue weighted by atomic mass is 79.9. The smallest absolute Gasteiger partial charge is 0.251 e. The van der Waals surface area contributed by atoms with Gasteiger partial charge in [-0.05, 0) is 38.5 Å². The van der Waals surface area contributed by atoms with E-state index in [-0.39, 0.29) is 21.9 Å². The number of nitrogens with one attached hydrogen (secondary N) is 1. The first kappa shape index (κ1) is 16.1. The van der Waals surface area contributed by atoms with Crippen LogP contribution >= 0.6 is 15.9 Å². The maximum atomic E-state index is 12.1. The van der Waals surface area contributed by atoms with Gasteiger partial charge < -0.3 is 5.32 Å². The number of hydrogen-bond acceptors (Lipinski definition) is 3. The summed E-state index contributed by atoms with van der Waals surface area (Å²) in [4.78, 5) is 12.0. The van der Waals surface area contributed by atoms with E-state index in [0.717, 1.165) is 6.42 Å². The minimum atomic E-state index is -3.84. The van der Waals surface area contributed by atoms with E-state index in [1.165, 1.54) is 12.1 Å². The average Bonchev–Trinajstić information content (AvgIpc) is 2.26. The van der Waals surface area contributed by atoms with Gasteiger partial charge in [-0.2, -0.15) is 0 Å². The van der Waals surface area contributed by atoms with Gasteiger partial charge in [-0.1, -0.05) is 22.9 Å². The number of amides is 1. The number of hydrogen-bond donors (Lipinski definition) is 2. The van der Waals surface area contributed by atoms with Crippen LogP contribution in [-0.2, 0) is 10.0 Å². The highest BCUT2D eigenvalue weighted by Crippen LogP contribution is 2.19. The van der Waals surface area contributed by atoms with Crippen LogP contribution in [0.5, 0.6) is 0 Å². The Balaban J connectivity index is 3.15. The Hall–Kier alpha value is -0.920. The quantitative estimate of drug-likeness (QED) is 0.871. The molecule has 0 radical (unpaired) electrons. The third kappa shape index (κ3) is 4.59. The second kappa shape index (κ2) is 5.60. The molecular formula is C12H17BrN2O3S. The summed E-state index contributed by atoms with van der Waals surface area (Å²) < 4.78 is 23.1. The molecule has 0 unspecified atom stereocenters. The summed E-state index contributed by atoms with van der Waals surface area (Å²) in [6, 6.07) is 4.17. The van der Waals surface area contributed by atoms with Crippen LogP contribution in [0.1, 0.15) is 37.6 Å². The Morgan fingerprint density at radius 3 is 2.42 bits per heavy atom. The normalized spacial score (nSPS) is 12.3. The van der Waals surface area contributed by atoms with Crippen LogP contribution in [-0.4, -0.2) is 19.9 Å². The van der Waals surface area contributed by atoms with Gasteiger partial charge in [0.1, 0.15) is 0 Å². The van der Waals surface area contributed by atoms with E-state index in [2.05, 4.69) is 21.2 Å². The lowest BCUT2D eigenvalue weighted by Crippen LogP contribution is -2.42. The second-order valence-corrected chi connectivity index (χ2v) is 7.39. The van der Waals surface area contributed by atoms with Crippen LogP contribution in [0, 0.1) is 0 Å². The molecule has 0 saturated carbocycles. The first-order valence-corrected chi connectivity index (χ1v) is 8.05. The fourth-order valence-corrected chi connectivity index (χ4v) is 2.55. The minimum absolute atomic E-state index is 0.0960. The van der Waals surface area contributed by atoms with Crippen LogP contribution in [0.2, 0.25) is 0 Å². The Labute approximate surface area is 121 Å². The number of nitrogens with two attached hydrogens (primary N) is 1. The Morgan fingerprint density at radius 1 is 1.37 bits per heavy atom. The zero-order chi connectivity index (χ0) is 14.8. The predicted molar refractivity (Wildman–Crippen MR) is 77.4 cm³/mol. The zero-order valence-electron chi connectivity index (χ0n) is 11.0. The van der Waals surface area contributed by atoms with Crippen molar-refractivity contribution in [2.75, 3.05) is 0 Å². The van der Waals surface area contributed by atoms with Crippen LogP contribution in [0.25, 0.3) is 0 Å². The fourth-order valence-electron chi connectivity index (χ4n) is 1.33. The van der Waals surface area contributed by atoms with Crippen molar-refractivity contribution in [3.63, 3.8) is 0 Å². The minimum Gasteiger partial charge on any atom is -0.347 e. The van der Waals surface area contributed by atoms with Gasteiger partial charge in [-0.3, -0.25) is 4.79 Å². The molecule has 0 aromatic heterocycles. The summed E-state index contributed by atoms with van der Waals surface area (Å²) >= 11 is 3.17. The Morgan fingerprint density at radius 2 is 1.95 bits per heavy atom. The molecule has 5 nitrogen and oxygen atoms in total. The summed E-state index contributed by atoms with van der Waals surface area (Å²) in [7, 11) is -3.84. The topological polar surface area (TPSA) is 89.3 Å². The first-order valence-electron chi connectivity index (χ1n) is 5.71. The SMILES string of the molecule is CCC(C)(C)NC(=O)c1cc(Br)cc(S(N)(=O)=O)c1. The van der Waals surface area contributed by atoms with Gasteiger partial charge >= 0.3 is 0 Å². The van der Waals surface area contributed by atoms with E-state index in [9.17, 15) is 13.2 Å². The number of carbonyl (C=O) groups is 1. The van der Waals surface area contributed by atoms with Gasteiger partial charge in [0.05, 0.1) is 4.90 Å². The molecule has 7 heteroatoms. The molecule has 0 aliphatic heterocycles. The highest BCUT2D eigenvalue weighted by Gasteiger charge is 2.20. The second-order valence-electron chi connectivity index (χ2n) is 4.91. The Kier molecular flexibility index (Phi) is 4.76. The number of rotatable bonds is 4. The van der Waals surface area contributed by atoms with Crippen LogP contribution < -0.4 is 10.5 Å². The van der Waals surface area contributed by atoms with Crippen molar-refractivity contribution in [1.82, 2.24) is 5.32 Å². The summed E-state index contributed by atoms with van der Waals surface area (Å²) in [5.74, 6) is -0.335. The lowest BCUT2D eigenvalue weighted by atomic mass is 10.0. The van der Waals surface area contributed by atoms with Crippen molar-refractivity contribution in [3.05, 3.63) is 28.2 Å². The third-order valence-electron chi connectivity index (χ3n) is 2.80. The summed E-state index contributed by atoms with van der Waals surface area (Å²) in [5.41, 5.74) is -0.110. The van der Waals surface area contributed by atoms with Crippen molar-refractivity contribution in [1.29, 1.82) is 0 Å². The van der Waals surface area contributed by atoms with E-state index >= 15 is 0 Å². The third-order valence-corrected chi connectivity index (χ3v) is 4.15. The molecule has 0 bridgehead atoms. The molecule has 1 rings (SSSR count). The molecule has 19 heavy (non-hydrogen) atoms. The van der Waals surface area contributed by atoms with Gasteiger partial charge in [0.15, 0.2) is 0 Å². The molecule has 0 heterocycles. The number of halogens is 1. The maximum absolute atomic E-state index is 12.1. The van der Waals surface area contributed by atoms with E-state index < -0.39 is 10.0 Å². The van der Waals surface area contributed by atoms with Crippen molar-refractivity contribution in [3.8, 4) is 0 Å². The lowest BCUT2D eigenvalue weighted by Gasteiger charge is -2.24. The number of benzene rings is 1. The molecule has 0 spiro atoms. The summed E-state index contributed by atoms with van der Waals surface area (Å²) in [5, 5.41) is 7.90. The molecule has 0 aliphatic rings. The van der Waals surface area contributed by atoms with Gasteiger partial charge in [0.2, 0.25) is 10.0 Å². The van der Waals surface area contributed by atoms with Gasteiger partial charge in [-0.25, -0.2) is 13.6 Å². The van der Waals surface area contributed by atoms with E-state index in [1.54, 1.807) is 6.07 Å². The lowest BCUT2D eigenvalue weighted by molar-refractivity contribution is 0.0911. The van der Waals surface area contributed by atoms with Crippen LogP contribution in [0.3, 0.4) is 0 Å². The fraction of sp³-hybridized carbons (Fsp3) is 0.417. The standard InChI is InChI=1S/C12H17BrN2O3S/c1-4-12(2,3)15-11(16)8-5-9(13)7-10(6-8)19(14,17)18/h5-7H,4H2,1-3H3,(H,15,16)(H2,14,17,18). The van der Waals surface area contributed by atoms with E-state index in [1.807, 2.05) is 20.8 Å². The summed E-state index contributed by atoms with van der Waals surface area (Å²) in [6.07, 6.45) is 0.759. The molecule has 0 aliphatic carbocycles. The van der Waals surface area contributed by atoms with E-state index in [0.29, 0.717) is 4.47 Å². The number of sulfonamides is 1. The summed E-state index contributed by atoms with van der Waals surface area (Å²) in [6.45, 7) is 5.74. The van der Waals surface area contributed by atoms with Crippen LogP contribution in [0.15, 0.2) is 27.6 Å².